The van der Waals surface area contributed by atoms with Gasteiger partial charge in [0.25, 0.3) is 0 Å². The second-order valence-electron chi connectivity index (χ2n) is 3.77. The molecule has 9 heteroatoms. The number of benzene rings is 1. The molecule has 1 aromatic carbocycles. The van der Waals surface area contributed by atoms with Gasteiger partial charge in [-0.15, -0.1) is 0 Å². The van der Waals surface area contributed by atoms with E-state index in [1.54, 1.807) is 0 Å². The number of hydrogen-bond donors (Lipinski definition) is 1. The van der Waals surface area contributed by atoms with Gasteiger partial charge in [-0.2, -0.15) is 0 Å². The predicted molar refractivity (Wildman–Crippen MR) is 54.8 cm³/mol. The molecule has 1 aromatic rings. The average molecular weight is 299 g/mol. The van der Waals surface area contributed by atoms with Gasteiger partial charge in [0, 0.05) is 6.54 Å². The molecule has 1 aliphatic heterocycles. The molecule has 0 unspecified atom stereocenters. The first kappa shape index (κ1) is 14.1. The fourth-order valence-corrected chi connectivity index (χ4v) is 2.60. The number of carboxylic acids is 1. The Balaban J connectivity index is 2.33. The minimum Gasteiger partial charge on any atom is -0.480 e. The molecule has 0 aromatic heterocycles. The molecule has 1 aliphatic rings. The third-order valence-electron chi connectivity index (χ3n) is 2.63. The maximum Gasteiger partial charge on any atom is 0.321 e. The van der Waals surface area contributed by atoms with Gasteiger partial charge in [0.15, 0.2) is 23.3 Å². The van der Waals surface area contributed by atoms with Crippen LogP contribution in [0.4, 0.5) is 22.0 Å². The summed E-state index contributed by atoms with van der Waals surface area (Å²) in [6.45, 7) is 0.182. The van der Waals surface area contributed by atoms with E-state index in [1.807, 2.05) is 0 Å². The highest BCUT2D eigenvalue weighted by molar-refractivity contribution is 7.97. The van der Waals surface area contributed by atoms with Gasteiger partial charge in [0.05, 0.1) is 0 Å². The lowest BCUT2D eigenvalue weighted by Crippen LogP contribution is -2.48. The predicted octanol–water partition coefficient (Wildman–Crippen LogP) is 2.55. The van der Waals surface area contributed by atoms with Crippen molar-refractivity contribution in [1.82, 2.24) is 4.31 Å². The van der Waals surface area contributed by atoms with Crippen molar-refractivity contribution in [1.29, 1.82) is 0 Å². The molecule has 0 bridgehead atoms. The van der Waals surface area contributed by atoms with E-state index in [4.69, 9.17) is 5.11 Å². The molecule has 0 spiro atoms. The summed E-state index contributed by atoms with van der Waals surface area (Å²) in [6.07, 6.45) is 0.248. The lowest BCUT2D eigenvalue weighted by atomic mass is 10.1. The fourth-order valence-electron chi connectivity index (χ4n) is 1.50. The molecule has 3 nitrogen and oxygen atoms in total. The van der Waals surface area contributed by atoms with E-state index in [-0.39, 0.29) is 24.9 Å². The van der Waals surface area contributed by atoms with Gasteiger partial charge in [-0.05, 0) is 18.4 Å². The van der Waals surface area contributed by atoms with E-state index in [0.717, 1.165) is 4.31 Å². The third kappa shape index (κ3) is 2.27. The van der Waals surface area contributed by atoms with Crippen molar-refractivity contribution < 1.29 is 31.9 Å². The highest BCUT2D eigenvalue weighted by Gasteiger charge is 2.37. The average Bonchev–Trinajstić information content (AvgIpc) is 2.32. The zero-order valence-electron chi connectivity index (χ0n) is 9.09. The molecule has 0 aliphatic carbocycles. The lowest BCUT2D eigenvalue weighted by molar-refractivity contribution is -0.144. The third-order valence-corrected chi connectivity index (χ3v) is 3.85. The summed E-state index contributed by atoms with van der Waals surface area (Å²) in [5, 5.41) is 8.72. The van der Waals surface area contributed by atoms with Gasteiger partial charge in [0.1, 0.15) is 10.9 Å². The Kier molecular flexibility index (Phi) is 3.68. The van der Waals surface area contributed by atoms with Crippen LogP contribution in [0.15, 0.2) is 4.90 Å². The van der Waals surface area contributed by atoms with Crippen LogP contribution in [-0.2, 0) is 4.79 Å². The van der Waals surface area contributed by atoms with Gasteiger partial charge >= 0.3 is 5.97 Å². The minimum atomic E-state index is -2.24. The van der Waals surface area contributed by atoms with Gasteiger partial charge < -0.3 is 5.11 Å². The monoisotopic (exact) mass is 299 g/mol. The first-order valence-corrected chi connectivity index (χ1v) is 5.80. The van der Waals surface area contributed by atoms with Crippen LogP contribution in [0, 0.1) is 29.1 Å². The number of carboxylic acid groups (broad SMARTS) is 1. The number of nitrogens with zero attached hydrogens (tertiary/aromatic N) is 1. The molecule has 0 saturated carbocycles. The molecular weight excluding hydrogens is 293 g/mol. The van der Waals surface area contributed by atoms with Crippen LogP contribution in [-0.4, -0.2) is 28.0 Å². The van der Waals surface area contributed by atoms with Crippen molar-refractivity contribution >= 4 is 17.9 Å². The Morgan fingerprint density at radius 3 is 1.89 bits per heavy atom. The van der Waals surface area contributed by atoms with Crippen molar-refractivity contribution in [3.63, 3.8) is 0 Å². The van der Waals surface area contributed by atoms with Gasteiger partial charge in [-0.3, -0.25) is 4.79 Å². The molecule has 0 radical (unpaired) electrons. The summed E-state index contributed by atoms with van der Waals surface area (Å²) in [6, 6.07) is -1.00. The van der Waals surface area contributed by atoms with Crippen molar-refractivity contribution in [3.8, 4) is 0 Å². The summed E-state index contributed by atoms with van der Waals surface area (Å²) < 4.78 is 66.3. The number of aliphatic carboxylic acids is 1. The van der Waals surface area contributed by atoms with Crippen LogP contribution >= 0.6 is 11.9 Å². The molecule has 1 heterocycles. The van der Waals surface area contributed by atoms with Crippen LogP contribution in [0.2, 0.25) is 0 Å². The SMILES string of the molecule is O=C(O)[C@H]1CCN1Sc1c(F)c(F)c(F)c(F)c1F. The second kappa shape index (κ2) is 4.97. The highest BCUT2D eigenvalue weighted by Crippen LogP contribution is 2.37. The molecule has 0 amide bonds. The zero-order chi connectivity index (χ0) is 14.3. The number of rotatable bonds is 3. The summed E-state index contributed by atoms with van der Waals surface area (Å²) in [7, 11) is 0. The second-order valence-corrected chi connectivity index (χ2v) is 4.83. The van der Waals surface area contributed by atoms with Gasteiger partial charge in [0.2, 0.25) is 5.82 Å². The largest absolute Gasteiger partial charge is 0.480 e. The van der Waals surface area contributed by atoms with E-state index in [9.17, 15) is 26.7 Å². The molecule has 1 saturated heterocycles. The van der Waals surface area contributed by atoms with E-state index in [2.05, 4.69) is 0 Å². The Labute approximate surface area is 108 Å². The smallest absolute Gasteiger partial charge is 0.321 e. The van der Waals surface area contributed by atoms with E-state index in [0.29, 0.717) is 0 Å². The summed E-state index contributed by atoms with van der Waals surface area (Å²) >= 11 is 0.213. The van der Waals surface area contributed by atoms with E-state index in [1.165, 1.54) is 0 Å². The Bertz CT molecular complexity index is 524. The minimum absolute atomic E-state index is 0.182. The normalized spacial score (nSPS) is 19.3. The van der Waals surface area contributed by atoms with E-state index < -0.39 is 46.0 Å². The quantitative estimate of drug-likeness (QED) is 0.403. The number of hydrogen-bond acceptors (Lipinski definition) is 3. The molecular formula is C10H6F5NO2S. The molecule has 104 valence electrons. The summed E-state index contributed by atoms with van der Waals surface area (Å²) in [5.74, 6) is -11.5. The number of carbonyl (C=O) groups is 1. The van der Waals surface area contributed by atoms with Gasteiger partial charge in [-0.1, -0.05) is 0 Å². The maximum atomic E-state index is 13.3. The van der Waals surface area contributed by atoms with Crippen molar-refractivity contribution in [2.75, 3.05) is 6.54 Å². The fraction of sp³-hybridized carbons (Fsp3) is 0.300. The van der Waals surface area contributed by atoms with Crippen LogP contribution in [0.5, 0.6) is 0 Å². The molecule has 2 rings (SSSR count). The molecule has 1 fully saturated rings. The number of halogens is 5. The van der Waals surface area contributed by atoms with Crippen LogP contribution in [0.3, 0.4) is 0 Å². The molecule has 1 atom stereocenters. The topological polar surface area (TPSA) is 40.5 Å². The highest BCUT2D eigenvalue weighted by atomic mass is 32.2. The Morgan fingerprint density at radius 1 is 1.05 bits per heavy atom. The lowest BCUT2D eigenvalue weighted by Gasteiger charge is -2.36. The maximum absolute atomic E-state index is 13.3. The van der Waals surface area contributed by atoms with Crippen molar-refractivity contribution in [2.45, 2.75) is 17.4 Å². The first-order valence-electron chi connectivity index (χ1n) is 5.03. The van der Waals surface area contributed by atoms with Crippen LogP contribution in [0.1, 0.15) is 6.42 Å². The molecule has 19 heavy (non-hydrogen) atoms. The Morgan fingerprint density at radius 2 is 1.53 bits per heavy atom. The van der Waals surface area contributed by atoms with Crippen LogP contribution in [0.25, 0.3) is 0 Å². The Hall–Kier alpha value is -1.35. The first-order chi connectivity index (χ1) is 8.84. The van der Waals surface area contributed by atoms with Crippen molar-refractivity contribution in [3.05, 3.63) is 29.1 Å². The standard InChI is InChI=1S/C10H6F5NO2S/c11-4-5(12)7(14)9(8(15)6(4)13)19-16-2-1-3(16)10(17)18/h3H,1-2H2,(H,17,18)/t3-/m1/s1. The van der Waals surface area contributed by atoms with E-state index >= 15 is 0 Å². The summed E-state index contributed by atoms with van der Waals surface area (Å²) in [5.41, 5.74) is 0. The summed E-state index contributed by atoms with van der Waals surface area (Å²) in [4.78, 5) is 9.59. The zero-order valence-corrected chi connectivity index (χ0v) is 9.91. The van der Waals surface area contributed by atoms with Crippen LogP contribution < -0.4 is 0 Å². The van der Waals surface area contributed by atoms with Gasteiger partial charge in [-0.25, -0.2) is 26.3 Å². The van der Waals surface area contributed by atoms with Crippen molar-refractivity contribution in [2.24, 2.45) is 0 Å². The molecule has 1 N–H and O–H groups in total.